The van der Waals surface area contributed by atoms with Crippen LogP contribution in [0.2, 0.25) is 0 Å². The van der Waals surface area contributed by atoms with Gasteiger partial charge in [0.15, 0.2) is 11.5 Å². The largest absolute Gasteiger partial charge is 0.478 e. The first-order valence-electron chi connectivity index (χ1n) is 7.17. The van der Waals surface area contributed by atoms with Gasteiger partial charge in [-0.3, -0.25) is 4.79 Å². The number of carboxylic acids is 1. The summed E-state index contributed by atoms with van der Waals surface area (Å²) in [5.74, 6) is -5.24. The third-order valence-corrected chi connectivity index (χ3v) is 3.56. The third kappa shape index (κ3) is 2.86. The van der Waals surface area contributed by atoms with Crippen LogP contribution in [-0.4, -0.2) is 22.0 Å². The molecule has 9 heteroatoms. The Kier molecular flexibility index (Phi) is 4.13. The maximum atomic E-state index is 14.0. The molecule has 0 spiro atoms. The van der Waals surface area contributed by atoms with Crippen LogP contribution in [0.4, 0.5) is 14.5 Å². The van der Waals surface area contributed by atoms with Gasteiger partial charge in [0.1, 0.15) is 17.2 Å². The fraction of sp³-hybridized carbons (Fsp3) is 0. The molecule has 3 rings (SSSR count). The molecule has 26 heavy (non-hydrogen) atoms. The summed E-state index contributed by atoms with van der Waals surface area (Å²) in [5.41, 5.74) is 9.67. The van der Waals surface area contributed by atoms with Crippen LogP contribution in [0.15, 0.2) is 40.8 Å². The zero-order valence-electron chi connectivity index (χ0n) is 13.0. The molecule has 0 radical (unpaired) electrons. The number of aromatic carboxylic acids is 1. The Labute approximate surface area is 144 Å². The number of primary amides is 1. The highest BCUT2D eigenvalue weighted by Crippen LogP contribution is 2.34. The zero-order chi connectivity index (χ0) is 19.0. The van der Waals surface area contributed by atoms with Gasteiger partial charge in [0.2, 0.25) is 5.89 Å². The molecule has 0 unspecified atom stereocenters. The van der Waals surface area contributed by atoms with Crippen molar-refractivity contribution >= 4 is 17.6 Å². The number of hydrogen-bond donors (Lipinski definition) is 3. The molecule has 1 aromatic heterocycles. The van der Waals surface area contributed by atoms with Gasteiger partial charge in [-0.2, -0.15) is 0 Å². The predicted molar refractivity (Wildman–Crippen MR) is 87.2 cm³/mol. The molecule has 2 aromatic carbocycles. The third-order valence-electron chi connectivity index (χ3n) is 3.56. The molecule has 0 aliphatic carbocycles. The number of carboxylic acid groups (broad SMARTS) is 1. The van der Waals surface area contributed by atoms with E-state index in [-0.39, 0.29) is 22.6 Å². The number of halogens is 2. The van der Waals surface area contributed by atoms with Crippen LogP contribution >= 0.6 is 0 Å². The van der Waals surface area contributed by atoms with Gasteiger partial charge in [-0.25, -0.2) is 18.6 Å². The number of rotatable bonds is 4. The van der Waals surface area contributed by atoms with Crippen molar-refractivity contribution in [2.75, 3.05) is 5.73 Å². The highest BCUT2D eigenvalue weighted by Gasteiger charge is 2.26. The van der Waals surface area contributed by atoms with Crippen LogP contribution in [0.1, 0.15) is 20.8 Å². The molecule has 3 aromatic rings. The van der Waals surface area contributed by atoms with Crippen LogP contribution in [0.3, 0.4) is 0 Å². The second-order valence-electron chi connectivity index (χ2n) is 5.27. The number of oxazole rings is 1. The Morgan fingerprint density at radius 2 is 1.77 bits per heavy atom. The van der Waals surface area contributed by atoms with E-state index in [4.69, 9.17) is 15.9 Å². The SMILES string of the molecule is NC(=O)c1nc(-c2c(F)cccc2F)oc1-c1cc(N)ccc1C(=O)O. The van der Waals surface area contributed by atoms with Gasteiger partial charge in [0.25, 0.3) is 5.91 Å². The Balaban J connectivity index is 2.31. The average Bonchev–Trinajstić information content (AvgIpc) is 2.99. The molecule has 5 N–H and O–H groups in total. The molecule has 0 aliphatic rings. The Bertz CT molecular complexity index is 1030. The van der Waals surface area contributed by atoms with E-state index >= 15 is 0 Å². The standard InChI is InChI=1S/C17H11F2N3O4/c18-10-2-1-3-11(19)12(10)16-22-13(15(21)23)14(26-16)9-6-7(20)4-5-8(9)17(24)25/h1-6H,20H2,(H2,21,23)(H,24,25). The summed E-state index contributed by atoms with van der Waals surface area (Å²) in [4.78, 5) is 26.9. The van der Waals surface area contributed by atoms with Crippen molar-refractivity contribution in [2.45, 2.75) is 0 Å². The van der Waals surface area contributed by atoms with Crippen molar-refractivity contribution in [1.29, 1.82) is 0 Å². The number of hydrogen-bond acceptors (Lipinski definition) is 5. The molecule has 1 heterocycles. The van der Waals surface area contributed by atoms with Crippen molar-refractivity contribution < 1.29 is 27.9 Å². The lowest BCUT2D eigenvalue weighted by Crippen LogP contribution is -2.13. The Morgan fingerprint density at radius 1 is 1.12 bits per heavy atom. The maximum absolute atomic E-state index is 14.0. The molecule has 0 fully saturated rings. The smallest absolute Gasteiger partial charge is 0.336 e. The molecule has 132 valence electrons. The fourth-order valence-electron chi connectivity index (χ4n) is 2.41. The molecule has 0 bridgehead atoms. The number of carbonyl (C=O) groups excluding carboxylic acids is 1. The number of nitrogen functional groups attached to an aromatic ring is 1. The van der Waals surface area contributed by atoms with Gasteiger partial charge in [-0.15, -0.1) is 0 Å². The average molecular weight is 359 g/mol. The van der Waals surface area contributed by atoms with Crippen LogP contribution in [0.25, 0.3) is 22.8 Å². The van der Waals surface area contributed by atoms with Crippen LogP contribution in [0, 0.1) is 11.6 Å². The highest BCUT2D eigenvalue weighted by atomic mass is 19.1. The first kappa shape index (κ1) is 17.1. The molecule has 0 aliphatic heterocycles. The number of carbonyl (C=O) groups is 2. The quantitative estimate of drug-likeness (QED) is 0.614. The summed E-state index contributed by atoms with van der Waals surface area (Å²) in [6, 6.07) is 6.88. The lowest BCUT2D eigenvalue weighted by molar-refractivity contribution is 0.0697. The summed E-state index contributed by atoms with van der Waals surface area (Å²) in [5, 5.41) is 9.32. The topological polar surface area (TPSA) is 132 Å². The number of nitrogens with two attached hydrogens (primary N) is 2. The minimum atomic E-state index is -1.33. The first-order chi connectivity index (χ1) is 12.3. The second-order valence-corrected chi connectivity index (χ2v) is 5.27. The first-order valence-corrected chi connectivity index (χ1v) is 7.17. The zero-order valence-corrected chi connectivity index (χ0v) is 13.0. The molecule has 0 saturated carbocycles. The van der Waals surface area contributed by atoms with E-state index in [2.05, 4.69) is 4.98 Å². The van der Waals surface area contributed by atoms with E-state index in [0.29, 0.717) is 0 Å². The van der Waals surface area contributed by atoms with E-state index in [9.17, 15) is 23.5 Å². The molecule has 0 atom stereocenters. The fourth-order valence-corrected chi connectivity index (χ4v) is 2.41. The van der Waals surface area contributed by atoms with E-state index in [1.165, 1.54) is 18.2 Å². The predicted octanol–water partition coefficient (Wildman–Crippen LogP) is 2.67. The molecule has 0 saturated heterocycles. The number of nitrogens with zero attached hydrogens (tertiary/aromatic N) is 1. The highest BCUT2D eigenvalue weighted by molar-refractivity contribution is 6.02. The molecule has 1 amide bonds. The van der Waals surface area contributed by atoms with Crippen LogP contribution in [0.5, 0.6) is 0 Å². The molecular weight excluding hydrogens is 348 g/mol. The van der Waals surface area contributed by atoms with Crippen molar-refractivity contribution in [1.82, 2.24) is 4.98 Å². The monoisotopic (exact) mass is 359 g/mol. The van der Waals surface area contributed by atoms with Crippen molar-refractivity contribution in [3.05, 3.63) is 59.3 Å². The van der Waals surface area contributed by atoms with E-state index in [1.54, 1.807) is 0 Å². The van der Waals surface area contributed by atoms with Crippen LogP contribution < -0.4 is 11.5 Å². The lowest BCUT2D eigenvalue weighted by Gasteiger charge is -2.05. The number of anilines is 1. The summed E-state index contributed by atoms with van der Waals surface area (Å²) in [6.07, 6.45) is 0. The van der Waals surface area contributed by atoms with Gasteiger partial charge in [-0.05, 0) is 30.3 Å². The number of benzene rings is 2. The number of aromatic nitrogens is 1. The summed E-state index contributed by atoms with van der Waals surface area (Å²) in [6.45, 7) is 0. The Morgan fingerprint density at radius 3 is 2.35 bits per heavy atom. The molecule has 7 nitrogen and oxygen atoms in total. The van der Waals surface area contributed by atoms with E-state index in [0.717, 1.165) is 18.2 Å². The Hall–Kier alpha value is -3.75. The van der Waals surface area contributed by atoms with Gasteiger partial charge in [0.05, 0.1) is 5.56 Å². The summed E-state index contributed by atoms with van der Waals surface area (Å²) >= 11 is 0. The van der Waals surface area contributed by atoms with Crippen molar-refractivity contribution in [3.63, 3.8) is 0 Å². The van der Waals surface area contributed by atoms with Gasteiger partial charge >= 0.3 is 5.97 Å². The van der Waals surface area contributed by atoms with E-state index in [1.807, 2.05) is 0 Å². The minimum absolute atomic E-state index is 0.0956. The second kappa shape index (κ2) is 6.28. The summed E-state index contributed by atoms with van der Waals surface area (Å²) < 4.78 is 33.3. The lowest BCUT2D eigenvalue weighted by atomic mass is 10.0. The molecular formula is C17H11F2N3O4. The van der Waals surface area contributed by atoms with Crippen molar-refractivity contribution in [3.8, 4) is 22.8 Å². The summed E-state index contributed by atoms with van der Waals surface area (Å²) in [7, 11) is 0. The normalized spacial score (nSPS) is 10.7. The minimum Gasteiger partial charge on any atom is -0.478 e. The van der Waals surface area contributed by atoms with Gasteiger partial charge in [-0.1, -0.05) is 6.07 Å². The number of amides is 1. The maximum Gasteiger partial charge on any atom is 0.336 e. The van der Waals surface area contributed by atoms with E-state index < -0.39 is 40.7 Å². The van der Waals surface area contributed by atoms with Crippen molar-refractivity contribution in [2.24, 2.45) is 5.73 Å². The van der Waals surface area contributed by atoms with Gasteiger partial charge in [0, 0.05) is 11.3 Å². The van der Waals surface area contributed by atoms with Gasteiger partial charge < -0.3 is 21.0 Å². The van der Waals surface area contributed by atoms with Crippen LogP contribution in [-0.2, 0) is 0 Å².